The highest BCUT2D eigenvalue weighted by Crippen LogP contribution is 2.35. The topological polar surface area (TPSA) is 119 Å². The summed E-state index contributed by atoms with van der Waals surface area (Å²) in [6.07, 6.45) is 0. The molecule has 12 heteroatoms. The number of ether oxygens (including phenoxy) is 3. The van der Waals surface area contributed by atoms with Crippen LogP contribution in [0.4, 0.5) is 5.69 Å². The fourth-order valence-corrected chi connectivity index (χ4v) is 6.77. The number of hydrogen-bond donors (Lipinski definition) is 2. The normalized spacial score (nSPS) is 16.1. The maximum absolute atomic E-state index is 13.1. The minimum Gasteiger partial charge on any atom is -0.491 e. The van der Waals surface area contributed by atoms with Gasteiger partial charge in [-0.3, -0.25) is 14.5 Å². The van der Waals surface area contributed by atoms with Crippen molar-refractivity contribution in [2.24, 2.45) is 4.99 Å². The Kier molecular flexibility index (Phi) is 6.98. The number of aryl methyl sites for hydroxylation is 1. The van der Waals surface area contributed by atoms with Gasteiger partial charge in [-0.2, -0.15) is 0 Å². The lowest BCUT2D eigenvalue weighted by molar-refractivity contribution is -0.141. The van der Waals surface area contributed by atoms with Crippen LogP contribution in [-0.4, -0.2) is 56.7 Å². The number of thioether (sulfide) groups is 1. The quantitative estimate of drug-likeness (QED) is 0.333. The van der Waals surface area contributed by atoms with Crippen molar-refractivity contribution in [3.63, 3.8) is 0 Å². The number of carbonyl (C=O) groups is 1. The number of aliphatic imine (C=N–C) groups is 1. The summed E-state index contributed by atoms with van der Waals surface area (Å²) >= 11 is 2.50. The van der Waals surface area contributed by atoms with E-state index in [1.165, 1.54) is 18.7 Å². The van der Waals surface area contributed by atoms with Crippen LogP contribution in [0.25, 0.3) is 10.9 Å². The van der Waals surface area contributed by atoms with Crippen LogP contribution in [0.3, 0.4) is 0 Å². The molecule has 0 saturated heterocycles. The number of methoxy groups -OCH3 is 1. The Bertz CT molecular complexity index is 1310. The van der Waals surface area contributed by atoms with E-state index in [-0.39, 0.29) is 15.6 Å². The van der Waals surface area contributed by atoms with Crippen LogP contribution in [0, 0.1) is 6.92 Å². The highest BCUT2D eigenvalue weighted by molar-refractivity contribution is 8.15. The van der Waals surface area contributed by atoms with E-state index in [9.17, 15) is 13.2 Å². The number of nitrogens with zero attached hydrogens (tertiary/aromatic N) is 1. The van der Waals surface area contributed by atoms with Gasteiger partial charge in [0.25, 0.3) is 10.0 Å². The van der Waals surface area contributed by atoms with Gasteiger partial charge in [0.1, 0.15) is 21.6 Å². The molecule has 0 aliphatic carbocycles. The Balaban J connectivity index is 1.69. The zero-order valence-corrected chi connectivity index (χ0v) is 20.7. The van der Waals surface area contributed by atoms with Crippen LogP contribution in [0.1, 0.15) is 18.2 Å². The molecule has 176 valence electrons. The van der Waals surface area contributed by atoms with Crippen LogP contribution in [0.2, 0.25) is 0 Å². The van der Waals surface area contributed by atoms with Crippen LogP contribution in [-0.2, 0) is 24.3 Å². The molecule has 1 atom stereocenters. The SMILES string of the molecule is COCCOc1cc(NS(=O)(=O)c2sccc2C)c2[nH]c(C3=NCC(OC(C)=O)S3)cc2c1. The zero-order valence-electron chi connectivity index (χ0n) is 18.2. The Morgan fingerprint density at radius 2 is 2.12 bits per heavy atom. The van der Waals surface area contributed by atoms with Crippen LogP contribution in [0.15, 0.2) is 38.8 Å². The predicted octanol–water partition coefficient (Wildman–Crippen LogP) is 3.75. The summed E-state index contributed by atoms with van der Waals surface area (Å²) in [6.45, 7) is 4.20. The van der Waals surface area contributed by atoms with Gasteiger partial charge in [-0.05, 0) is 36.1 Å². The molecule has 0 amide bonds. The Labute approximate surface area is 199 Å². The molecule has 0 saturated carbocycles. The van der Waals surface area contributed by atoms with E-state index < -0.39 is 10.0 Å². The number of carbonyl (C=O) groups excluding carboxylic acids is 1. The fraction of sp³-hybridized carbons (Fsp3) is 0.333. The molecule has 1 aliphatic rings. The first-order valence-electron chi connectivity index (χ1n) is 10.0. The van der Waals surface area contributed by atoms with Crippen molar-refractivity contribution in [3.05, 3.63) is 40.9 Å². The van der Waals surface area contributed by atoms with E-state index in [4.69, 9.17) is 14.2 Å². The van der Waals surface area contributed by atoms with Crippen molar-refractivity contribution in [2.75, 3.05) is 31.6 Å². The minimum atomic E-state index is -3.79. The molecule has 2 N–H and O–H groups in total. The molecular weight excluding hydrogens is 486 g/mol. The molecule has 3 heterocycles. The van der Waals surface area contributed by atoms with Crippen LogP contribution >= 0.6 is 23.1 Å². The summed E-state index contributed by atoms with van der Waals surface area (Å²) in [6, 6.07) is 7.10. The van der Waals surface area contributed by atoms with Crippen LogP contribution in [0.5, 0.6) is 5.75 Å². The van der Waals surface area contributed by atoms with Gasteiger partial charge in [0, 0.05) is 25.5 Å². The summed E-state index contributed by atoms with van der Waals surface area (Å²) in [7, 11) is -2.21. The first-order chi connectivity index (χ1) is 15.8. The van der Waals surface area contributed by atoms with Gasteiger partial charge in [0.15, 0.2) is 5.44 Å². The number of H-pyrrole nitrogens is 1. The van der Waals surface area contributed by atoms with Crippen molar-refractivity contribution in [1.82, 2.24) is 4.98 Å². The second kappa shape index (κ2) is 9.75. The van der Waals surface area contributed by atoms with Crippen molar-refractivity contribution in [2.45, 2.75) is 23.5 Å². The number of benzene rings is 1. The Morgan fingerprint density at radius 1 is 1.30 bits per heavy atom. The minimum absolute atomic E-state index is 0.257. The van der Waals surface area contributed by atoms with Crippen molar-refractivity contribution in [3.8, 4) is 5.75 Å². The summed E-state index contributed by atoms with van der Waals surface area (Å²) in [5, 5.41) is 3.17. The number of thiophene rings is 1. The lowest BCUT2D eigenvalue weighted by Gasteiger charge is -2.12. The fourth-order valence-electron chi connectivity index (χ4n) is 3.32. The largest absolute Gasteiger partial charge is 0.491 e. The third kappa shape index (κ3) is 5.35. The van der Waals surface area contributed by atoms with Gasteiger partial charge >= 0.3 is 5.97 Å². The molecule has 0 radical (unpaired) electrons. The van der Waals surface area contributed by atoms with Crippen LogP contribution < -0.4 is 9.46 Å². The van der Waals surface area contributed by atoms with E-state index in [0.717, 1.165) is 16.7 Å². The number of sulfonamides is 1. The lowest BCUT2D eigenvalue weighted by atomic mass is 10.2. The van der Waals surface area contributed by atoms with E-state index in [0.29, 0.717) is 53.0 Å². The molecule has 33 heavy (non-hydrogen) atoms. The lowest BCUT2D eigenvalue weighted by Crippen LogP contribution is -2.13. The van der Waals surface area contributed by atoms with E-state index in [1.807, 2.05) is 12.1 Å². The first-order valence-corrected chi connectivity index (χ1v) is 13.2. The number of aromatic nitrogens is 1. The Hall–Kier alpha value is -2.54. The maximum Gasteiger partial charge on any atom is 0.303 e. The first kappa shape index (κ1) is 23.6. The molecule has 1 aliphatic heterocycles. The summed E-state index contributed by atoms with van der Waals surface area (Å²) in [5.41, 5.74) is 1.96. The number of anilines is 1. The number of hydrogen-bond acceptors (Lipinski definition) is 9. The molecule has 0 fully saturated rings. The molecule has 4 rings (SSSR count). The average molecular weight is 510 g/mol. The molecule has 2 aromatic heterocycles. The molecule has 0 spiro atoms. The second-order valence-electron chi connectivity index (χ2n) is 7.26. The van der Waals surface area contributed by atoms with Crippen molar-refractivity contribution < 1.29 is 27.4 Å². The van der Waals surface area contributed by atoms with Crippen molar-refractivity contribution >= 4 is 60.7 Å². The highest BCUT2D eigenvalue weighted by atomic mass is 32.2. The van der Waals surface area contributed by atoms with E-state index in [1.54, 1.807) is 31.5 Å². The predicted molar refractivity (Wildman–Crippen MR) is 130 cm³/mol. The second-order valence-corrected chi connectivity index (χ2v) is 11.2. The molecular formula is C21H23N3O6S3. The number of aromatic amines is 1. The standard InChI is InChI=1S/C21H23N3O6S3/c1-12-4-7-31-21(12)33(26,27)24-16-10-15(29-6-5-28-3)8-14-9-17(23-19(14)16)20-22-11-18(32-20)30-13(2)25/h4,7-10,18,23-24H,5-6,11H2,1-3H3. The van der Waals surface area contributed by atoms with E-state index in [2.05, 4.69) is 14.7 Å². The zero-order chi connectivity index (χ0) is 23.6. The van der Waals surface area contributed by atoms with Crippen molar-refractivity contribution in [1.29, 1.82) is 0 Å². The smallest absolute Gasteiger partial charge is 0.303 e. The van der Waals surface area contributed by atoms with Gasteiger partial charge in [-0.25, -0.2) is 8.42 Å². The van der Waals surface area contributed by atoms with Gasteiger partial charge in [-0.15, -0.1) is 11.3 Å². The number of rotatable bonds is 9. The number of nitrogens with one attached hydrogen (secondary N) is 2. The summed E-state index contributed by atoms with van der Waals surface area (Å²) in [5.74, 6) is 0.142. The molecule has 1 aromatic carbocycles. The molecule has 0 bridgehead atoms. The summed E-state index contributed by atoms with van der Waals surface area (Å²) < 4.78 is 45.1. The maximum atomic E-state index is 13.1. The number of esters is 1. The van der Waals surface area contributed by atoms with E-state index >= 15 is 0 Å². The van der Waals surface area contributed by atoms with Gasteiger partial charge in [-0.1, -0.05) is 11.8 Å². The van der Waals surface area contributed by atoms with Gasteiger partial charge in [0.2, 0.25) is 0 Å². The van der Waals surface area contributed by atoms with Gasteiger partial charge in [0.05, 0.1) is 30.0 Å². The third-order valence-corrected chi connectivity index (χ3v) is 8.85. The summed E-state index contributed by atoms with van der Waals surface area (Å²) in [4.78, 5) is 19.0. The highest BCUT2D eigenvalue weighted by Gasteiger charge is 2.26. The van der Waals surface area contributed by atoms with Gasteiger partial charge < -0.3 is 19.2 Å². The monoisotopic (exact) mass is 509 g/mol. The molecule has 1 unspecified atom stereocenters. The number of fused-ring (bicyclic) bond motifs is 1. The third-order valence-electron chi connectivity index (χ3n) is 4.72. The average Bonchev–Trinajstić information content (AvgIpc) is 3.47. The molecule has 9 nitrogen and oxygen atoms in total. The molecule has 3 aromatic rings. The Morgan fingerprint density at radius 3 is 2.82 bits per heavy atom.